The van der Waals surface area contributed by atoms with Gasteiger partial charge in [-0.1, -0.05) is 6.07 Å². The van der Waals surface area contributed by atoms with Crippen molar-refractivity contribution in [3.63, 3.8) is 0 Å². The maximum Gasteiger partial charge on any atom is 0.323 e. The van der Waals surface area contributed by atoms with Gasteiger partial charge in [-0.2, -0.15) is 0 Å². The lowest BCUT2D eigenvalue weighted by atomic mass is 10.1. The lowest BCUT2D eigenvalue weighted by Crippen LogP contribution is -2.37. The van der Waals surface area contributed by atoms with E-state index in [0.717, 1.165) is 39.5 Å². The third-order valence-corrected chi connectivity index (χ3v) is 6.93. The Labute approximate surface area is 251 Å². The van der Waals surface area contributed by atoms with Crippen molar-refractivity contribution >= 4 is 51.7 Å². The second kappa shape index (κ2) is 12.3. The SMILES string of the molecule is CC(=O)Nc1ccc(NC(=O)Nc2ccc(-c3nc(N4CCOCC4)c4ccc(-c5cnc(N)nc5)cc4n3)cc2)c(F)c1. The Morgan fingerprint density at radius 1 is 0.841 bits per heavy atom. The Morgan fingerprint density at radius 3 is 2.25 bits per heavy atom. The van der Waals surface area contributed by atoms with E-state index in [1.54, 1.807) is 36.7 Å². The van der Waals surface area contributed by atoms with Crippen molar-refractivity contribution in [3.8, 4) is 22.5 Å². The number of fused-ring (bicyclic) bond motifs is 1. The second-order valence-electron chi connectivity index (χ2n) is 10.1. The first-order valence-corrected chi connectivity index (χ1v) is 13.8. The number of halogens is 1. The predicted molar refractivity (Wildman–Crippen MR) is 167 cm³/mol. The number of nitrogens with two attached hydrogens (primary N) is 1. The molecule has 1 aliphatic rings. The van der Waals surface area contributed by atoms with Crippen molar-refractivity contribution in [2.45, 2.75) is 6.92 Å². The number of ether oxygens (including phenoxy) is 1. The Kier molecular flexibility index (Phi) is 7.93. The third-order valence-electron chi connectivity index (χ3n) is 6.93. The summed E-state index contributed by atoms with van der Waals surface area (Å²) in [5, 5.41) is 8.57. The van der Waals surface area contributed by atoms with Crippen molar-refractivity contribution in [1.82, 2.24) is 19.9 Å². The molecule has 12 nitrogen and oxygen atoms in total. The molecule has 222 valence electrons. The molecule has 5 aromatic rings. The maximum absolute atomic E-state index is 14.4. The lowest BCUT2D eigenvalue weighted by Gasteiger charge is -2.29. The number of hydrogen-bond donors (Lipinski definition) is 4. The molecule has 1 aliphatic heterocycles. The van der Waals surface area contributed by atoms with Gasteiger partial charge in [0.1, 0.15) is 11.6 Å². The molecule has 1 saturated heterocycles. The van der Waals surface area contributed by atoms with Crippen LogP contribution < -0.4 is 26.6 Å². The van der Waals surface area contributed by atoms with Crippen LogP contribution >= 0.6 is 0 Å². The predicted octanol–water partition coefficient (Wildman–Crippen LogP) is 4.91. The molecule has 3 heterocycles. The number of benzene rings is 3. The number of anilines is 5. The standard InChI is InChI=1S/C31H28FN9O3/c1-18(42)36-23-7-9-26(25(32)15-23)39-31(43)37-22-5-2-19(3-6-22)28-38-27-14-20(21-16-34-30(33)35-17-21)4-8-24(27)29(40-28)41-10-12-44-13-11-41/h2-9,14-17H,10-13H2,1H3,(H,36,42)(H2,33,34,35)(H2,37,39,43). The zero-order valence-corrected chi connectivity index (χ0v) is 23.7. The summed E-state index contributed by atoms with van der Waals surface area (Å²) >= 11 is 0. The zero-order chi connectivity index (χ0) is 30.6. The molecule has 2 aromatic heterocycles. The normalized spacial score (nSPS) is 13.0. The van der Waals surface area contributed by atoms with Gasteiger partial charge in [-0.25, -0.2) is 29.1 Å². The highest BCUT2D eigenvalue weighted by molar-refractivity contribution is 6.00. The van der Waals surface area contributed by atoms with Crippen molar-refractivity contribution in [3.05, 3.63) is 78.9 Å². The molecule has 6 rings (SSSR count). The van der Waals surface area contributed by atoms with E-state index in [4.69, 9.17) is 20.4 Å². The first-order chi connectivity index (χ1) is 21.3. The van der Waals surface area contributed by atoms with Crippen molar-refractivity contribution < 1.29 is 18.7 Å². The number of hydrogen-bond acceptors (Lipinski definition) is 9. The molecule has 44 heavy (non-hydrogen) atoms. The van der Waals surface area contributed by atoms with Gasteiger partial charge in [0.25, 0.3) is 0 Å². The van der Waals surface area contributed by atoms with E-state index in [0.29, 0.717) is 43.5 Å². The van der Waals surface area contributed by atoms with Crippen LogP contribution in [0, 0.1) is 5.82 Å². The fourth-order valence-corrected chi connectivity index (χ4v) is 4.81. The van der Waals surface area contributed by atoms with Gasteiger partial charge in [0.2, 0.25) is 11.9 Å². The Bertz CT molecular complexity index is 1840. The van der Waals surface area contributed by atoms with E-state index in [-0.39, 0.29) is 17.5 Å². The summed E-state index contributed by atoms with van der Waals surface area (Å²) in [6.45, 7) is 3.94. The Hall–Kier alpha value is -5.69. The largest absolute Gasteiger partial charge is 0.378 e. The van der Waals surface area contributed by atoms with Crippen LogP contribution in [0.1, 0.15) is 6.92 Å². The highest BCUT2D eigenvalue weighted by Crippen LogP contribution is 2.32. The van der Waals surface area contributed by atoms with Gasteiger partial charge < -0.3 is 31.3 Å². The molecule has 0 atom stereocenters. The fourth-order valence-electron chi connectivity index (χ4n) is 4.81. The average Bonchev–Trinajstić information content (AvgIpc) is 3.02. The number of nitrogens with one attached hydrogen (secondary N) is 3. The van der Waals surface area contributed by atoms with Gasteiger partial charge in [-0.05, 0) is 60.2 Å². The van der Waals surface area contributed by atoms with Crippen LogP contribution in [0.15, 0.2) is 73.1 Å². The molecule has 0 spiro atoms. The summed E-state index contributed by atoms with van der Waals surface area (Å²) in [5.74, 6) is 0.520. The van der Waals surface area contributed by atoms with Crippen LogP contribution in [-0.2, 0) is 9.53 Å². The summed E-state index contributed by atoms with van der Waals surface area (Å²) in [4.78, 5) is 44.0. The smallest absolute Gasteiger partial charge is 0.323 e. The number of amides is 3. The molecule has 1 fully saturated rings. The van der Waals surface area contributed by atoms with Crippen molar-refractivity contribution in [2.24, 2.45) is 0 Å². The summed E-state index contributed by atoms with van der Waals surface area (Å²) in [6, 6.07) is 16.4. The number of morpholine rings is 1. The van der Waals surface area contributed by atoms with Crippen LogP contribution in [0.4, 0.5) is 38.0 Å². The van der Waals surface area contributed by atoms with Gasteiger partial charge >= 0.3 is 6.03 Å². The number of urea groups is 1. The molecular weight excluding hydrogens is 565 g/mol. The molecule has 0 saturated carbocycles. The minimum absolute atomic E-state index is 0.0293. The van der Waals surface area contributed by atoms with Crippen LogP contribution in [0.2, 0.25) is 0 Å². The Balaban J connectivity index is 1.25. The van der Waals surface area contributed by atoms with Gasteiger partial charge in [-0.3, -0.25) is 4.79 Å². The molecule has 0 aliphatic carbocycles. The van der Waals surface area contributed by atoms with E-state index in [1.807, 2.05) is 18.2 Å². The molecule has 5 N–H and O–H groups in total. The fraction of sp³-hybridized carbons (Fsp3) is 0.161. The summed E-state index contributed by atoms with van der Waals surface area (Å²) in [5.41, 5.74) is 9.61. The van der Waals surface area contributed by atoms with E-state index >= 15 is 0 Å². The average molecular weight is 594 g/mol. The second-order valence-corrected chi connectivity index (χ2v) is 10.1. The van der Waals surface area contributed by atoms with Crippen LogP contribution in [0.25, 0.3) is 33.4 Å². The number of rotatable bonds is 6. The minimum Gasteiger partial charge on any atom is -0.378 e. The molecule has 13 heteroatoms. The molecular formula is C31H28FN9O3. The van der Waals surface area contributed by atoms with Crippen molar-refractivity contribution in [2.75, 3.05) is 52.9 Å². The maximum atomic E-state index is 14.4. The van der Waals surface area contributed by atoms with Gasteiger partial charge in [-0.15, -0.1) is 0 Å². The highest BCUT2D eigenvalue weighted by atomic mass is 19.1. The number of carbonyl (C=O) groups is 2. The summed E-state index contributed by atoms with van der Waals surface area (Å²) in [7, 11) is 0. The first kappa shape index (κ1) is 28.4. The summed E-state index contributed by atoms with van der Waals surface area (Å²) < 4.78 is 20.0. The zero-order valence-electron chi connectivity index (χ0n) is 23.7. The van der Waals surface area contributed by atoms with E-state index in [2.05, 4.69) is 30.8 Å². The minimum atomic E-state index is -0.682. The van der Waals surface area contributed by atoms with Gasteiger partial charge in [0.05, 0.1) is 24.4 Å². The first-order valence-electron chi connectivity index (χ1n) is 13.8. The van der Waals surface area contributed by atoms with Crippen LogP contribution in [0.5, 0.6) is 0 Å². The van der Waals surface area contributed by atoms with E-state index in [1.165, 1.54) is 19.1 Å². The summed E-state index contributed by atoms with van der Waals surface area (Å²) in [6.07, 6.45) is 3.34. The van der Waals surface area contributed by atoms with Crippen molar-refractivity contribution in [1.29, 1.82) is 0 Å². The highest BCUT2D eigenvalue weighted by Gasteiger charge is 2.19. The quantitative estimate of drug-likeness (QED) is 0.214. The topological polar surface area (TPSA) is 160 Å². The number of nitrogen functional groups attached to an aromatic ring is 1. The molecule has 3 amide bonds. The number of nitrogens with zero attached hydrogens (tertiary/aromatic N) is 5. The van der Waals surface area contributed by atoms with Gasteiger partial charge in [0.15, 0.2) is 5.82 Å². The third kappa shape index (κ3) is 6.37. The molecule has 0 bridgehead atoms. The monoisotopic (exact) mass is 593 g/mol. The number of aromatic nitrogens is 4. The number of carbonyl (C=O) groups excluding carboxylic acids is 2. The van der Waals surface area contributed by atoms with Crippen LogP contribution in [0.3, 0.4) is 0 Å². The van der Waals surface area contributed by atoms with E-state index < -0.39 is 11.8 Å². The van der Waals surface area contributed by atoms with E-state index in [9.17, 15) is 14.0 Å². The Morgan fingerprint density at radius 2 is 1.55 bits per heavy atom. The van der Waals surface area contributed by atoms with Crippen LogP contribution in [-0.4, -0.2) is 58.2 Å². The molecule has 0 unspecified atom stereocenters. The molecule has 0 radical (unpaired) electrons. The lowest BCUT2D eigenvalue weighted by molar-refractivity contribution is -0.114. The van der Waals surface area contributed by atoms with Gasteiger partial charge in [0, 0.05) is 60.3 Å². The molecule has 3 aromatic carbocycles.